The van der Waals surface area contributed by atoms with Crippen molar-refractivity contribution in [1.82, 2.24) is 20.6 Å². The fourth-order valence-electron chi connectivity index (χ4n) is 3.84. The number of aromatic nitrogens is 2. The van der Waals surface area contributed by atoms with Crippen LogP contribution in [-0.2, 0) is 28.5 Å². The van der Waals surface area contributed by atoms with Crippen molar-refractivity contribution in [3.63, 3.8) is 0 Å². The van der Waals surface area contributed by atoms with E-state index >= 15 is 0 Å². The number of pyridine rings is 2. The molecule has 0 bridgehead atoms. The Labute approximate surface area is 285 Å². The van der Waals surface area contributed by atoms with Gasteiger partial charge in [0.25, 0.3) is 0 Å². The van der Waals surface area contributed by atoms with Gasteiger partial charge in [-0.2, -0.15) is 5.26 Å². The molecule has 0 unspecified atom stereocenters. The van der Waals surface area contributed by atoms with Gasteiger partial charge in [-0.15, -0.1) is 4.48 Å². The van der Waals surface area contributed by atoms with Crippen LogP contribution in [0.2, 0.25) is 0 Å². The highest BCUT2D eigenvalue weighted by Crippen LogP contribution is 2.34. The number of nitrogens with one attached hydrogen (secondary N) is 5. The molecule has 0 aliphatic carbocycles. The molecular weight excluding hydrogens is 643 g/mol. The van der Waals surface area contributed by atoms with Crippen LogP contribution in [0.3, 0.4) is 0 Å². The van der Waals surface area contributed by atoms with Gasteiger partial charge in [0, 0.05) is 31.5 Å². The van der Waals surface area contributed by atoms with Crippen molar-refractivity contribution < 1.29 is 42.5 Å². The van der Waals surface area contributed by atoms with Crippen LogP contribution in [0, 0.1) is 11.3 Å². The van der Waals surface area contributed by atoms with Crippen molar-refractivity contribution in [2.75, 3.05) is 68.9 Å². The molecule has 1 aliphatic heterocycles. The van der Waals surface area contributed by atoms with Gasteiger partial charge in [0.2, 0.25) is 5.91 Å². The topological polar surface area (TPSA) is 207 Å². The molecule has 16 nitrogen and oxygen atoms in total. The fourth-order valence-corrected chi connectivity index (χ4v) is 3.84. The Balaban J connectivity index is 0.00000267. The fraction of sp³-hybridized carbons (Fsp3) is 0.562. The molecule has 1 saturated heterocycles. The quantitative estimate of drug-likeness (QED) is 0.0960. The number of carbonyl (C=O) groups excluding carboxylic acids is 3. The van der Waals surface area contributed by atoms with Crippen molar-refractivity contribution in [3.05, 3.63) is 30.0 Å². The predicted molar refractivity (Wildman–Crippen MR) is 179 cm³/mol. The largest absolute Gasteiger partial charge is 0.487 e. The van der Waals surface area contributed by atoms with E-state index in [9.17, 15) is 18.9 Å². The first kappa shape index (κ1) is 40.2. The number of nitrogens with zero attached hydrogens (tertiary/aromatic N) is 3. The second-order valence-corrected chi connectivity index (χ2v) is 11.5. The summed E-state index contributed by atoms with van der Waals surface area (Å²) in [4.78, 5) is 43.9. The van der Waals surface area contributed by atoms with E-state index in [0.717, 1.165) is 12.8 Å². The molecule has 5 N–H and O–H groups in total. The minimum atomic E-state index is -0.750. The minimum absolute atomic E-state index is 0.000713. The highest BCUT2D eigenvalue weighted by molar-refractivity contribution is 5.85. The molecule has 3 heterocycles. The van der Waals surface area contributed by atoms with E-state index in [1.165, 1.54) is 18.7 Å². The van der Waals surface area contributed by atoms with E-state index in [4.69, 9.17) is 28.9 Å². The summed E-state index contributed by atoms with van der Waals surface area (Å²) < 4.78 is 40.6. The lowest BCUT2D eigenvalue weighted by Gasteiger charge is -2.25. The summed E-state index contributed by atoms with van der Waals surface area (Å²) in [7, 11) is 0. The van der Waals surface area contributed by atoms with Crippen molar-refractivity contribution >= 4 is 41.1 Å². The lowest BCUT2D eigenvalue weighted by Crippen LogP contribution is -2.41. The monoisotopic (exact) mass is 690 g/mol. The lowest BCUT2D eigenvalue weighted by atomic mass is 10.1. The smallest absolute Gasteiger partial charge is 0.408 e. The number of hydrogen-bond donors (Lipinski definition) is 5. The standard InChI is InChI=1S/C29H39FN8O8.C3H8/c1-29(2,3)46-28(41)34-17-24(39)33-18-25(40)45-13-11-43-10-12-44-22-14-21(38-30)26(36-23-5-4-19(15-31)16-32-23)37-27(22)35-20-6-8-42-9-7-20;1-3-2/h4-5,14,16,20,38H,6-13,17-18H2,1-3H3,(H,33,39)(H,34,41)(H2,32,35,36,37);3H2,1-2H3. The second-order valence-electron chi connectivity index (χ2n) is 11.5. The Kier molecular flexibility index (Phi) is 17.9. The molecule has 0 saturated carbocycles. The summed E-state index contributed by atoms with van der Waals surface area (Å²) in [6.07, 6.45) is 3.38. The number of hydrogen-bond acceptors (Lipinski definition) is 14. The minimum Gasteiger partial charge on any atom is -0.487 e. The molecule has 2 amide bonds. The number of amides is 2. The van der Waals surface area contributed by atoms with Crippen LogP contribution >= 0.6 is 0 Å². The Hall–Kier alpha value is -4.95. The Morgan fingerprint density at radius 2 is 1.76 bits per heavy atom. The van der Waals surface area contributed by atoms with Crippen LogP contribution in [0.4, 0.5) is 32.4 Å². The molecule has 1 aliphatic rings. The van der Waals surface area contributed by atoms with Crippen molar-refractivity contribution in [1.29, 1.82) is 5.26 Å². The maximum Gasteiger partial charge on any atom is 0.408 e. The van der Waals surface area contributed by atoms with Gasteiger partial charge in [-0.05, 0) is 45.7 Å². The zero-order chi connectivity index (χ0) is 36.1. The predicted octanol–water partition coefficient (Wildman–Crippen LogP) is 3.97. The molecule has 3 rings (SSSR count). The van der Waals surface area contributed by atoms with Crippen molar-refractivity contribution in [3.8, 4) is 11.8 Å². The number of esters is 1. The van der Waals surface area contributed by atoms with Gasteiger partial charge < -0.3 is 45.0 Å². The summed E-state index contributed by atoms with van der Waals surface area (Å²) in [5, 5.41) is 19.9. The number of halogens is 1. The van der Waals surface area contributed by atoms with Gasteiger partial charge >= 0.3 is 12.1 Å². The Morgan fingerprint density at radius 3 is 2.39 bits per heavy atom. The van der Waals surface area contributed by atoms with E-state index in [-0.39, 0.29) is 62.8 Å². The Bertz CT molecular complexity index is 1360. The van der Waals surface area contributed by atoms with Gasteiger partial charge in [0.1, 0.15) is 49.5 Å². The van der Waals surface area contributed by atoms with Gasteiger partial charge in [-0.1, -0.05) is 20.3 Å². The Morgan fingerprint density at radius 1 is 1.04 bits per heavy atom. The average molecular weight is 691 g/mol. The zero-order valence-electron chi connectivity index (χ0n) is 28.7. The number of carbonyl (C=O) groups is 3. The normalized spacial score (nSPS) is 12.7. The molecule has 2 aromatic heterocycles. The number of nitriles is 1. The summed E-state index contributed by atoms with van der Waals surface area (Å²) in [6.45, 7) is 9.96. The van der Waals surface area contributed by atoms with E-state index in [0.29, 0.717) is 30.4 Å². The third-order valence-corrected chi connectivity index (χ3v) is 5.99. The highest BCUT2D eigenvalue weighted by Gasteiger charge is 2.20. The second kappa shape index (κ2) is 21.8. The number of anilines is 4. The summed E-state index contributed by atoms with van der Waals surface area (Å²) >= 11 is 0. The zero-order valence-corrected chi connectivity index (χ0v) is 28.7. The number of ether oxygens (including phenoxy) is 5. The SMILES string of the molecule is CC(C)(C)OC(=O)NCC(=O)NCC(=O)OCCOCCOc1cc(NF)c(Nc2ccc(C#N)cn2)nc1NC1CCOCC1.CCC. The molecule has 0 atom stereocenters. The van der Waals surface area contributed by atoms with E-state index < -0.39 is 23.6 Å². The van der Waals surface area contributed by atoms with Gasteiger partial charge in [0.15, 0.2) is 17.4 Å². The molecule has 17 heteroatoms. The summed E-state index contributed by atoms with van der Waals surface area (Å²) in [6, 6.07) is 6.65. The highest BCUT2D eigenvalue weighted by atomic mass is 19.2. The first-order valence-electron chi connectivity index (χ1n) is 16.0. The molecule has 270 valence electrons. The molecule has 49 heavy (non-hydrogen) atoms. The van der Waals surface area contributed by atoms with Crippen LogP contribution < -0.4 is 31.5 Å². The molecule has 0 aromatic carbocycles. The van der Waals surface area contributed by atoms with E-state index in [2.05, 4.69) is 45.1 Å². The van der Waals surface area contributed by atoms with Gasteiger partial charge in [-0.25, -0.2) is 20.3 Å². The molecule has 0 spiro atoms. The van der Waals surface area contributed by atoms with E-state index in [1.807, 2.05) is 6.07 Å². The average Bonchev–Trinajstić information content (AvgIpc) is 3.07. The number of alkyl carbamates (subject to hydrolysis) is 1. The maximum atomic E-state index is 13.8. The third kappa shape index (κ3) is 16.6. The summed E-state index contributed by atoms with van der Waals surface area (Å²) in [5.41, 5.74) is 1.29. The first-order valence-corrected chi connectivity index (χ1v) is 16.0. The van der Waals surface area contributed by atoms with Crippen molar-refractivity contribution in [2.24, 2.45) is 0 Å². The number of rotatable bonds is 16. The van der Waals surface area contributed by atoms with Crippen LogP contribution in [0.1, 0.15) is 59.4 Å². The van der Waals surface area contributed by atoms with E-state index in [1.54, 1.807) is 38.4 Å². The molecule has 0 radical (unpaired) electrons. The van der Waals surface area contributed by atoms with Gasteiger partial charge in [-0.3, -0.25) is 9.59 Å². The van der Waals surface area contributed by atoms with Gasteiger partial charge in [0.05, 0.1) is 18.8 Å². The lowest BCUT2D eigenvalue weighted by molar-refractivity contribution is -0.145. The van der Waals surface area contributed by atoms with Crippen LogP contribution in [0.15, 0.2) is 24.4 Å². The third-order valence-electron chi connectivity index (χ3n) is 5.99. The molecular formula is C32H47FN8O8. The van der Waals surface area contributed by atoms with Crippen LogP contribution in [0.5, 0.6) is 5.75 Å². The van der Waals surface area contributed by atoms with Crippen LogP contribution in [-0.4, -0.2) is 92.3 Å². The van der Waals surface area contributed by atoms with Crippen molar-refractivity contribution in [2.45, 2.75) is 65.5 Å². The van der Waals surface area contributed by atoms with Crippen LogP contribution in [0.25, 0.3) is 0 Å². The summed E-state index contributed by atoms with van der Waals surface area (Å²) in [5.74, 6) is -0.111. The molecule has 1 fully saturated rings. The first-order chi connectivity index (χ1) is 23.5. The molecule has 2 aromatic rings. The maximum absolute atomic E-state index is 13.8.